The second-order valence-corrected chi connectivity index (χ2v) is 9.70. The van der Waals surface area contributed by atoms with E-state index < -0.39 is 9.84 Å². The van der Waals surface area contributed by atoms with Crippen molar-refractivity contribution in [2.45, 2.75) is 61.5 Å². The average molecular weight is 380 g/mol. The molecule has 2 aromatic rings. The van der Waals surface area contributed by atoms with Gasteiger partial charge in [0.25, 0.3) is 0 Å². The van der Waals surface area contributed by atoms with Crippen LogP contribution in [0.2, 0.25) is 0 Å². The molecule has 1 heterocycles. The predicted octanol–water partition coefficient (Wildman–Crippen LogP) is 4.05. The van der Waals surface area contributed by atoms with Crippen molar-refractivity contribution in [1.82, 2.24) is 14.8 Å². The third kappa shape index (κ3) is 4.64. The molecule has 1 aromatic heterocycles. The highest BCUT2D eigenvalue weighted by Crippen LogP contribution is 2.32. The van der Waals surface area contributed by atoms with Crippen LogP contribution in [-0.2, 0) is 9.84 Å². The van der Waals surface area contributed by atoms with Gasteiger partial charge in [-0.3, -0.25) is 0 Å². The summed E-state index contributed by atoms with van der Waals surface area (Å²) in [7, 11) is -3.20. The van der Waals surface area contributed by atoms with Gasteiger partial charge in [-0.15, -0.1) is 10.2 Å². The Morgan fingerprint density at radius 3 is 2.56 bits per heavy atom. The molecule has 5 nitrogen and oxygen atoms in total. The van der Waals surface area contributed by atoms with Crippen molar-refractivity contribution in [1.29, 1.82) is 0 Å². The fraction of sp³-hybridized carbons (Fsp3) is 0.556. The molecule has 7 heteroatoms. The van der Waals surface area contributed by atoms with E-state index in [1.54, 1.807) is 36.0 Å². The van der Waals surface area contributed by atoms with Crippen LogP contribution in [0.15, 0.2) is 40.4 Å². The molecule has 136 valence electrons. The zero-order chi connectivity index (χ0) is 17.7. The fourth-order valence-electron chi connectivity index (χ4n) is 3.37. The van der Waals surface area contributed by atoms with E-state index >= 15 is 0 Å². The van der Waals surface area contributed by atoms with Crippen molar-refractivity contribution < 1.29 is 8.42 Å². The molecule has 1 aromatic carbocycles. The Hall–Kier alpha value is -1.34. The molecule has 1 fully saturated rings. The maximum atomic E-state index is 12.3. The molecular formula is C18H25N3O2S2. The van der Waals surface area contributed by atoms with Crippen molar-refractivity contribution in [2.75, 3.05) is 11.5 Å². The van der Waals surface area contributed by atoms with E-state index in [9.17, 15) is 8.42 Å². The van der Waals surface area contributed by atoms with Gasteiger partial charge in [0.05, 0.1) is 10.6 Å². The number of nitrogens with zero attached hydrogens (tertiary/aromatic N) is 3. The van der Waals surface area contributed by atoms with Crippen LogP contribution in [0.5, 0.6) is 0 Å². The van der Waals surface area contributed by atoms with Gasteiger partial charge in [-0.1, -0.05) is 49.2 Å². The Morgan fingerprint density at radius 1 is 1.12 bits per heavy atom. The van der Waals surface area contributed by atoms with Gasteiger partial charge >= 0.3 is 0 Å². The Balaban J connectivity index is 1.56. The number of rotatable bonds is 7. The number of sulfone groups is 1. The molecule has 1 aliphatic carbocycles. The van der Waals surface area contributed by atoms with Crippen LogP contribution in [-0.4, -0.2) is 34.7 Å². The molecule has 0 amide bonds. The molecule has 0 aliphatic heterocycles. The standard InChI is InChI=1S/C18H25N3O2S2/c1-15-19-20-18(21(15)16-9-4-2-5-10-16)24-13-8-14-25(22,23)17-11-6-3-7-12-17/h3,6-7,11-12,16H,2,4-5,8-10,13-14H2,1H3. The molecule has 3 rings (SSSR count). The lowest BCUT2D eigenvalue weighted by molar-refractivity contribution is 0.332. The Bertz CT molecular complexity index is 782. The lowest BCUT2D eigenvalue weighted by Crippen LogP contribution is -2.15. The number of benzene rings is 1. The number of hydrogen-bond donors (Lipinski definition) is 0. The fourth-order valence-corrected chi connectivity index (χ4v) is 5.87. The van der Waals surface area contributed by atoms with Crippen LogP contribution in [0.25, 0.3) is 0 Å². The molecule has 1 aliphatic rings. The Labute approximate surface area is 154 Å². The van der Waals surface area contributed by atoms with Gasteiger partial charge in [0.1, 0.15) is 5.82 Å². The zero-order valence-corrected chi connectivity index (χ0v) is 16.2. The van der Waals surface area contributed by atoms with E-state index in [2.05, 4.69) is 14.8 Å². The van der Waals surface area contributed by atoms with Crippen molar-refractivity contribution in [2.24, 2.45) is 0 Å². The van der Waals surface area contributed by atoms with E-state index in [0.717, 1.165) is 16.7 Å². The highest BCUT2D eigenvalue weighted by molar-refractivity contribution is 7.99. The first-order chi connectivity index (χ1) is 12.1. The Kier molecular flexibility index (Phi) is 6.17. The third-order valence-electron chi connectivity index (χ3n) is 4.67. The number of hydrogen-bond acceptors (Lipinski definition) is 5. The SMILES string of the molecule is Cc1nnc(SCCCS(=O)(=O)c2ccccc2)n1C1CCCCC1. The maximum Gasteiger partial charge on any atom is 0.191 e. The van der Waals surface area contributed by atoms with Gasteiger partial charge in [0, 0.05) is 11.8 Å². The van der Waals surface area contributed by atoms with Gasteiger partial charge in [0.2, 0.25) is 0 Å². The van der Waals surface area contributed by atoms with E-state index in [0.29, 0.717) is 17.4 Å². The topological polar surface area (TPSA) is 64.8 Å². The van der Waals surface area contributed by atoms with Gasteiger partial charge in [0.15, 0.2) is 15.0 Å². The third-order valence-corrected chi connectivity index (χ3v) is 7.51. The lowest BCUT2D eigenvalue weighted by Gasteiger charge is -2.24. The smallest absolute Gasteiger partial charge is 0.191 e. The molecule has 0 N–H and O–H groups in total. The maximum absolute atomic E-state index is 12.3. The summed E-state index contributed by atoms with van der Waals surface area (Å²) in [5.41, 5.74) is 0. The molecule has 0 atom stereocenters. The van der Waals surface area contributed by atoms with Crippen LogP contribution in [0, 0.1) is 6.92 Å². The molecule has 0 radical (unpaired) electrons. The largest absolute Gasteiger partial charge is 0.303 e. The first-order valence-electron chi connectivity index (χ1n) is 8.90. The van der Waals surface area contributed by atoms with E-state index in [-0.39, 0.29) is 5.75 Å². The minimum atomic E-state index is -3.20. The van der Waals surface area contributed by atoms with E-state index in [4.69, 9.17) is 0 Å². The van der Waals surface area contributed by atoms with Gasteiger partial charge in [-0.05, 0) is 38.3 Å². The minimum Gasteiger partial charge on any atom is -0.303 e. The second-order valence-electron chi connectivity index (χ2n) is 6.53. The summed E-state index contributed by atoms with van der Waals surface area (Å²) in [5, 5.41) is 9.48. The van der Waals surface area contributed by atoms with Crippen molar-refractivity contribution >= 4 is 21.6 Å². The molecular weight excluding hydrogens is 354 g/mol. The molecule has 0 unspecified atom stereocenters. The van der Waals surface area contributed by atoms with E-state index in [1.165, 1.54) is 32.1 Å². The summed E-state index contributed by atoms with van der Waals surface area (Å²) in [6.07, 6.45) is 6.84. The number of aryl methyl sites for hydroxylation is 1. The van der Waals surface area contributed by atoms with Gasteiger partial charge in [-0.2, -0.15) is 0 Å². The molecule has 0 saturated heterocycles. The highest BCUT2D eigenvalue weighted by atomic mass is 32.2. The first kappa shape index (κ1) is 18.5. The Morgan fingerprint density at radius 2 is 1.84 bits per heavy atom. The summed E-state index contributed by atoms with van der Waals surface area (Å²) < 4.78 is 26.9. The predicted molar refractivity (Wildman–Crippen MR) is 101 cm³/mol. The first-order valence-corrected chi connectivity index (χ1v) is 11.5. The number of thioether (sulfide) groups is 1. The van der Waals surface area contributed by atoms with E-state index in [1.807, 2.05) is 13.0 Å². The monoisotopic (exact) mass is 379 g/mol. The van der Waals surface area contributed by atoms with Crippen molar-refractivity contribution in [3.05, 3.63) is 36.2 Å². The van der Waals surface area contributed by atoms with Crippen LogP contribution in [0.4, 0.5) is 0 Å². The van der Waals surface area contributed by atoms with Gasteiger partial charge < -0.3 is 4.57 Å². The summed E-state index contributed by atoms with van der Waals surface area (Å²) in [6.45, 7) is 2.01. The van der Waals surface area contributed by atoms with Gasteiger partial charge in [-0.25, -0.2) is 8.42 Å². The van der Waals surface area contributed by atoms with Crippen molar-refractivity contribution in [3.63, 3.8) is 0 Å². The van der Waals surface area contributed by atoms with Crippen LogP contribution in [0.3, 0.4) is 0 Å². The zero-order valence-electron chi connectivity index (χ0n) is 14.6. The molecule has 0 bridgehead atoms. The summed E-state index contributed by atoms with van der Waals surface area (Å²) in [4.78, 5) is 0.404. The summed E-state index contributed by atoms with van der Waals surface area (Å²) in [5.74, 6) is 1.86. The van der Waals surface area contributed by atoms with Crippen molar-refractivity contribution in [3.8, 4) is 0 Å². The minimum absolute atomic E-state index is 0.167. The molecule has 0 spiro atoms. The molecule has 1 saturated carbocycles. The highest BCUT2D eigenvalue weighted by Gasteiger charge is 2.21. The van der Waals surface area contributed by atoms with Crippen LogP contribution in [0.1, 0.15) is 50.4 Å². The number of aromatic nitrogens is 3. The summed E-state index contributed by atoms with van der Waals surface area (Å²) in [6, 6.07) is 9.17. The molecule has 25 heavy (non-hydrogen) atoms. The van der Waals surface area contributed by atoms with Crippen LogP contribution >= 0.6 is 11.8 Å². The second kappa shape index (κ2) is 8.36. The quantitative estimate of drug-likeness (QED) is 0.536. The lowest BCUT2D eigenvalue weighted by atomic mass is 9.95. The normalized spacial score (nSPS) is 16.2. The average Bonchev–Trinajstić information content (AvgIpc) is 3.01. The summed E-state index contributed by atoms with van der Waals surface area (Å²) >= 11 is 1.62. The van der Waals surface area contributed by atoms with Crippen LogP contribution < -0.4 is 0 Å².